The normalized spacial score (nSPS) is 9.94. The lowest BCUT2D eigenvalue weighted by Crippen LogP contribution is -2.21. The Hall–Kier alpha value is -2.35. The van der Waals surface area contributed by atoms with Gasteiger partial charge in [-0.25, -0.2) is 4.98 Å². The van der Waals surface area contributed by atoms with Gasteiger partial charge in [0.1, 0.15) is 6.42 Å². The molecule has 5 nitrogen and oxygen atoms in total. The second-order valence-corrected chi connectivity index (χ2v) is 3.37. The molecule has 0 aliphatic rings. The van der Waals surface area contributed by atoms with Crippen LogP contribution in [0.15, 0.2) is 24.5 Å². The molecule has 0 saturated heterocycles. The number of hydrogen-bond donors (Lipinski definition) is 2. The van der Waals surface area contributed by atoms with Crippen molar-refractivity contribution in [1.29, 1.82) is 5.26 Å². The first-order chi connectivity index (χ1) is 7.79. The van der Waals surface area contributed by atoms with Crippen LogP contribution in [0.25, 0.3) is 11.0 Å². The fourth-order valence-electron chi connectivity index (χ4n) is 1.43. The van der Waals surface area contributed by atoms with Crippen molar-refractivity contribution in [2.75, 3.05) is 0 Å². The van der Waals surface area contributed by atoms with Crippen molar-refractivity contribution in [2.45, 2.75) is 13.0 Å². The van der Waals surface area contributed by atoms with Crippen molar-refractivity contribution < 1.29 is 4.79 Å². The molecule has 0 radical (unpaired) electrons. The van der Waals surface area contributed by atoms with E-state index in [1.165, 1.54) is 0 Å². The number of benzene rings is 1. The fraction of sp³-hybridized carbons (Fsp3) is 0.182. The maximum atomic E-state index is 11.1. The van der Waals surface area contributed by atoms with Gasteiger partial charge < -0.3 is 10.3 Å². The second kappa shape index (κ2) is 4.45. The molecule has 1 aromatic carbocycles. The van der Waals surface area contributed by atoms with Crippen LogP contribution in [0.3, 0.4) is 0 Å². The molecule has 0 spiro atoms. The van der Waals surface area contributed by atoms with E-state index in [0.29, 0.717) is 6.54 Å². The largest absolute Gasteiger partial charge is 0.351 e. The van der Waals surface area contributed by atoms with Gasteiger partial charge in [-0.05, 0) is 17.7 Å². The third kappa shape index (κ3) is 2.17. The van der Waals surface area contributed by atoms with E-state index in [-0.39, 0.29) is 12.3 Å². The van der Waals surface area contributed by atoms with Crippen LogP contribution in [0.1, 0.15) is 12.0 Å². The van der Waals surface area contributed by atoms with Gasteiger partial charge in [-0.2, -0.15) is 5.26 Å². The SMILES string of the molecule is N#CCC(=O)NCc1ccc2nc[nH]c2c1. The molecule has 1 aromatic heterocycles. The van der Waals surface area contributed by atoms with Gasteiger partial charge in [-0.1, -0.05) is 6.07 Å². The minimum absolute atomic E-state index is 0.105. The number of amides is 1. The summed E-state index contributed by atoms with van der Waals surface area (Å²) in [6.07, 6.45) is 1.52. The highest BCUT2D eigenvalue weighted by atomic mass is 16.1. The lowest BCUT2D eigenvalue weighted by Gasteiger charge is -2.02. The smallest absolute Gasteiger partial charge is 0.234 e. The summed E-state index contributed by atoms with van der Waals surface area (Å²) >= 11 is 0. The van der Waals surface area contributed by atoms with E-state index in [2.05, 4.69) is 15.3 Å². The predicted molar refractivity (Wildman–Crippen MR) is 58.2 cm³/mol. The van der Waals surface area contributed by atoms with Crippen molar-refractivity contribution in [3.8, 4) is 6.07 Å². The van der Waals surface area contributed by atoms with Gasteiger partial charge >= 0.3 is 0 Å². The summed E-state index contributed by atoms with van der Waals surface area (Å²) in [7, 11) is 0. The van der Waals surface area contributed by atoms with E-state index < -0.39 is 0 Å². The molecule has 0 aliphatic heterocycles. The Labute approximate surface area is 92.1 Å². The number of carbonyl (C=O) groups excluding carboxylic acids is 1. The van der Waals surface area contributed by atoms with E-state index in [9.17, 15) is 4.79 Å². The van der Waals surface area contributed by atoms with E-state index >= 15 is 0 Å². The lowest BCUT2D eigenvalue weighted by atomic mass is 10.2. The molecule has 80 valence electrons. The molecule has 1 amide bonds. The van der Waals surface area contributed by atoms with Crippen LogP contribution in [0.5, 0.6) is 0 Å². The molecule has 5 heteroatoms. The number of rotatable bonds is 3. The number of aromatic amines is 1. The molecule has 2 aromatic rings. The highest BCUT2D eigenvalue weighted by Gasteiger charge is 2.01. The van der Waals surface area contributed by atoms with Gasteiger partial charge in [0, 0.05) is 6.54 Å². The van der Waals surface area contributed by atoms with Crippen LogP contribution in [-0.2, 0) is 11.3 Å². The number of imidazole rings is 1. The minimum Gasteiger partial charge on any atom is -0.351 e. The zero-order valence-corrected chi connectivity index (χ0v) is 8.53. The molecule has 0 atom stereocenters. The average Bonchev–Trinajstić information content (AvgIpc) is 2.74. The highest BCUT2D eigenvalue weighted by molar-refractivity contribution is 5.78. The summed E-state index contributed by atoms with van der Waals surface area (Å²) in [5.74, 6) is -0.257. The Balaban J connectivity index is 2.04. The van der Waals surface area contributed by atoms with Crippen LogP contribution in [0.2, 0.25) is 0 Å². The standard InChI is InChI=1S/C11H10N4O/c12-4-3-11(16)13-6-8-1-2-9-10(5-8)15-7-14-9/h1-2,5,7H,3,6H2,(H,13,16)(H,14,15). The van der Waals surface area contributed by atoms with E-state index in [0.717, 1.165) is 16.6 Å². The lowest BCUT2D eigenvalue weighted by molar-refractivity contribution is -0.120. The summed E-state index contributed by atoms with van der Waals surface area (Å²) in [5.41, 5.74) is 2.81. The molecule has 16 heavy (non-hydrogen) atoms. The van der Waals surface area contributed by atoms with Crippen molar-refractivity contribution in [1.82, 2.24) is 15.3 Å². The molecule has 0 unspecified atom stereocenters. The quantitative estimate of drug-likeness (QED) is 0.802. The molecule has 0 bridgehead atoms. The number of nitriles is 1. The van der Waals surface area contributed by atoms with Gasteiger partial charge in [0.25, 0.3) is 0 Å². The Morgan fingerprint density at radius 2 is 2.44 bits per heavy atom. The monoisotopic (exact) mass is 214 g/mol. The number of aromatic nitrogens is 2. The molecule has 2 rings (SSSR count). The van der Waals surface area contributed by atoms with Crippen molar-refractivity contribution in [3.05, 3.63) is 30.1 Å². The number of nitrogens with zero attached hydrogens (tertiary/aromatic N) is 2. The minimum atomic E-state index is -0.257. The van der Waals surface area contributed by atoms with Crippen LogP contribution in [0, 0.1) is 11.3 Å². The van der Waals surface area contributed by atoms with Gasteiger partial charge in [-0.3, -0.25) is 4.79 Å². The van der Waals surface area contributed by atoms with Crippen LogP contribution >= 0.6 is 0 Å². The van der Waals surface area contributed by atoms with Crippen LogP contribution in [0.4, 0.5) is 0 Å². The number of carbonyl (C=O) groups is 1. The zero-order chi connectivity index (χ0) is 11.4. The highest BCUT2D eigenvalue weighted by Crippen LogP contribution is 2.11. The number of fused-ring (bicyclic) bond motifs is 1. The van der Waals surface area contributed by atoms with Gasteiger partial charge in [-0.15, -0.1) is 0 Å². The molecular weight excluding hydrogens is 204 g/mol. The van der Waals surface area contributed by atoms with Crippen molar-refractivity contribution >= 4 is 16.9 Å². The van der Waals surface area contributed by atoms with E-state index in [1.54, 1.807) is 12.4 Å². The first-order valence-corrected chi connectivity index (χ1v) is 4.85. The number of H-pyrrole nitrogens is 1. The molecular formula is C11H10N4O. The molecule has 1 heterocycles. The summed E-state index contributed by atoms with van der Waals surface area (Å²) in [4.78, 5) is 18.2. The van der Waals surface area contributed by atoms with Crippen LogP contribution in [-0.4, -0.2) is 15.9 Å². The van der Waals surface area contributed by atoms with Gasteiger partial charge in [0.05, 0.1) is 23.4 Å². The van der Waals surface area contributed by atoms with Crippen molar-refractivity contribution in [2.24, 2.45) is 0 Å². The Bertz CT molecular complexity index is 552. The third-order valence-electron chi connectivity index (χ3n) is 2.21. The Morgan fingerprint density at radius 3 is 3.25 bits per heavy atom. The molecule has 0 saturated carbocycles. The van der Waals surface area contributed by atoms with Gasteiger partial charge in [0.15, 0.2) is 0 Å². The summed E-state index contributed by atoms with van der Waals surface area (Å²) in [6.45, 7) is 0.426. The Morgan fingerprint density at radius 1 is 1.56 bits per heavy atom. The first kappa shape index (κ1) is 10.2. The summed E-state index contributed by atoms with van der Waals surface area (Å²) in [5, 5.41) is 11.0. The Kier molecular flexibility index (Phi) is 2.83. The topological polar surface area (TPSA) is 81.6 Å². The summed E-state index contributed by atoms with van der Waals surface area (Å²) in [6, 6.07) is 7.51. The predicted octanol–water partition coefficient (Wildman–Crippen LogP) is 1.09. The van der Waals surface area contributed by atoms with E-state index in [4.69, 9.17) is 5.26 Å². The summed E-state index contributed by atoms with van der Waals surface area (Å²) < 4.78 is 0. The number of hydrogen-bond acceptors (Lipinski definition) is 3. The molecule has 0 fully saturated rings. The van der Waals surface area contributed by atoms with Crippen molar-refractivity contribution in [3.63, 3.8) is 0 Å². The third-order valence-corrected chi connectivity index (χ3v) is 2.21. The zero-order valence-electron chi connectivity index (χ0n) is 8.53. The maximum absolute atomic E-state index is 11.1. The average molecular weight is 214 g/mol. The first-order valence-electron chi connectivity index (χ1n) is 4.85. The van der Waals surface area contributed by atoms with E-state index in [1.807, 2.05) is 18.2 Å². The maximum Gasteiger partial charge on any atom is 0.234 e. The fourth-order valence-corrected chi connectivity index (χ4v) is 1.43. The number of nitrogens with one attached hydrogen (secondary N) is 2. The second-order valence-electron chi connectivity index (χ2n) is 3.37. The molecule has 0 aliphatic carbocycles. The van der Waals surface area contributed by atoms with Gasteiger partial charge in [0.2, 0.25) is 5.91 Å². The molecule has 2 N–H and O–H groups in total. The van der Waals surface area contributed by atoms with Crippen LogP contribution < -0.4 is 5.32 Å².